The molecule has 0 unspecified atom stereocenters. The SMILES string of the molecule is Nc1nc(/C=C/C2(O)CCCC2)nc2c1nc(-c1cccc(F)c1)n2C1CC1. The zero-order chi connectivity index (χ0) is 19.3. The van der Waals surface area contributed by atoms with Crippen molar-refractivity contribution in [3.8, 4) is 11.4 Å². The number of rotatable bonds is 4. The molecule has 7 heteroatoms. The number of hydrogen-bond acceptors (Lipinski definition) is 5. The molecule has 144 valence electrons. The summed E-state index contributed by atoms with van der Waals surface area (Å²) in [6.07, 6.45) is 9.14. The van der Waals surface area contributed by atoms with Gasteiger partial charge in [0.15, 0.2) is 22.8 Å². The largest absolute Gasteiger partial charge is 0.386 e. The van der Waals surface area contributed by atoms with E-state index in [4.69, 9.17) is 5.73 Å². The number of nitrogens with zero attached hydrogens (tertiary/aromatic N) is 4. The molecule has 2 saturated carbocycles. The Kier molecular flexibility index (Phi) is 3.94. The summed E-state index contributed by atoms with van der Waals surface area (Å²) in [6, 6.07) is 6.68. The maximum atomic E-state index is 13.8. The fourth-order valence-electron chi connectivity index (χ4n) is 3.98. The number of benzene rings is 1. The molecule has 0 radical (unpaired) electrons. The lowest BCUT2D eigenvalue weighted by atomic mass is 10.0. The number of anilines is 1. The maximum Gasteiger partial charge on any atom is 0.166 e. The van der Waals surface area contributed by atoms with Crippen LogP contribution in [0.25, 0.3) is 28.6 Å². The van der Waals surface area contributed by atoms with E-state index in [2.05, 4.69) is 15.0 Å². The molecule has 2 heterocycles. The minimum atomic E-state index is -0.781. The highest BCUT2D eigenvalue weighted by molar-refractivity contribution is 5.86. The molecule has 0 bridgehead atoms. The van der Waals surface area contributed by atoms with Gasteiger partial charge in [-0.3, -0.25) is 0 Å². The average Bonchev–Trinajstić information content (AvgIpc) is 3.29. The third-order valence-electron chi connectivity index (χ3n) is 5.59. The van der Waals surface area contributed by atoms with Gasteiger partial charge in [-0.1, -0.05) is 25.0 Å². The van der Waals surface area contributed by atoms with Crippen molar-refractivity contribution in [2.45, 2.75) is 50.2 Å². The molecule has 2 aromatic heterocycles. The van der Waals surface area contributed by atoms with Crippen LogP contribution in [0.5, 0.6) is 0 Å². The molecule has 2 aliphatic carbocycles. The Balaban J connectivity index is 1.63. The molecule has 0 aliphatic heterocycles. The van der Waals surface area contributed by atoms with Gasteiger partial charge in [0.25, 0.3) is 0 Å². The molecule has 0 amide bonds. The van der Waals surface area contributed by atoms with Gasteiger partial charge in [0.2, 0.25) is 0 Å². The molecule has 2 fully saturated rings. The van der Waals surface area contributed by atoms with Crippen LogP contribution in [-0.2, 0) is 0 Å². The maximum absolute atomic E-state index is 13.8. The second-order valence-electron chi connectivity index (χ2n) is 7.83. The summed E-state index contributed by atoms with van der Waals surface area (Å²) in [5.41, 5.74) is 7.29. The molecule has 1 aromatic carbocycles. The topological polar surface area (TPSA) is 89.8 Å². The molecule has 5 rings (SSSR count). The predicted molar refractivity (Wildman–Crippen MR) is 106 cm³/mol. The van der Waals surface area contributed by atoms with Gasteiger partial charge in [0.05, 0.1) is 5.60 Å². The monoisotopic (exact) mass is 379 g/mol. The predicted octanol–water partition coefficient (Wildman–Crippen LogP) is 3.87. The van der Waals surface area contributed by atoms with Crippen LogP contribution in [0.15, 0.2) is 30.3 Å². The number of hydrogen-bond donors (Lipinski definition) is 2. The fraction of sp³-hybridized carbons (Fsp3) is 0.381. The number of imidazole rings is 1. The van der Waals surface area contributed by atoms with Crippen LogP contribution >= 0.6 is 0 Å². The van der Waals surface area contributed by atoms with Crippen molar-refractivity contribution in [3.63, 3.8) is 0 Å². The van der Waals surface area contributed by atoms with Gasteiger partial charge in [-0.15, -0.1) is 0 Å². The second kappa shape index (κ2) is 6.38. The Labute approximate surface area is 161 Å². The minimum Gasteiger partial charge on any atom is -0.386 e. The van der Waals surface area contributed by atoms with E-state index in [-0.39, 0.29) is 11.9 Å². The molecule has 28 heavy (non-hydrogen) atoms. The van der Waals surface area contributed by atoms with Gasteiger partial charge in [-0.2, -0.15) is 0 Å². The van der Waals surface area contributed by atoms with Crippen molar-refractivity contribution in [1.82, 2.24) is 19.5 Å². The van der Waals surface area contributed by atoms with E-state index in [1.807, 2.05) is 10.6 Å². The number of aromatic nitrogens is 4. The third-order valence-corrected chi connectivity index (χ3v) is 5.59. The highest BCUT2D eigenvalue weighted by Crippen LogP contribution is 2.41. The van der Waals surface area contributed by atoms with Crippen LogP contribution in [0, 0.1) is 5.82 Å². The van der Waals surface area contributed by atoms with Crippen molar-refractivity contribution in [2.24, 2.45) is 0 Å². The standard InChI is InChI=1S/C21H22FN5O/c22-14-5-3-4-13(12-14)19-26-17-18(23)24-16(8-11-21(28)9-1-2-10-21)25-20(17)27(19)15-6-7-15/h3-5,8,11-12,15,28H,1-2,6-7,9-10H2,(H2,23,24,25)/b11-8+. The fourth-order valence-corrected chi connectivity index (χ4v) is 3.98. The summed E-state index contributed by atoms with van der Waals surface area (Å²) in [6.45, 7) is 0. The highest BCUT2D eigenvalue weighted by atomic mass is 19.1. The van der Waals surface area contributed by atoms with Gasteiger partial charge in [-0.05, 0) is 50.0 Å². The minimum absolute atomic E-state index is 0.286. The Morgan fingerprint density at radius 3 is 2.68 bits per heavy atom. The summed E-state index contributed by atoms with van der Waals surface area (Å²) in [4.78, 5) is 13.7. The molecule has 3 N–H and O–H groups in total. The quantitative estimate of drug-likeness (QED) is 0.718. The first kappa shape index (κ1) is 17.3. The first-order chi connectivity index (χ1) is 13.5. The number of nitrogen functional groups attached to an aromatic ring is 1. The summed E-state index contributed by atoms with van der Waals surface area (Å²) < 4.78 is 15.8. The normalized spacial score (nSPS) is 19.1. The molecule has 0 saturated heterocycles. The van der Waals surface area contributed by atoms with Gasteiger partial charge >= 0.3 is 0 Å². The average molecular weight is 379 g/mol. The number of aliphatic hydroxyl groups is 1. The summed E-state index contributed by atoms with van der Waals surface area (Å²) >= 11 is 0. The van der Waals surface area contributed by atoms with Gasteiger partial charge in [0, 0.05) is 11.6 Å². The molecule has 2 aliphatic rings. The molecule has 6 nitrogen and oxygen atoms in total. The molecule has 0 atom stereocenters. The Bertz CT molecular complexity index is 1080. The van der Waals surface area contributed by atoms with Crippen molar-refractivity contribution in [1.29, 1.82) is 0 Å². The van der Waals surface area contributed by atoms with E-state index in [1.54, 1.807) is 18.2 Å². The van der Waals surface area contributed by atoms with Gasteiger partial charge in [0.1, 0.15) is 11.6 Å². The van der Waals surface area contributed by atoms with Crippen molar-refractivity contribution in [3.05, 3.63) is 42.0 Å². The molecule has 3 aromatic rings. The highest BCUT2D eigenvalue weighted by Gasteiger charge is 2.31. The van der Waals surface area contributed by atoms with Gasteiger partial charge in [-0.25, -0.2) is 19.3 Å². The molecular formula is C21H22FN5O. The van der Waals surface area contributed by atoms with Gasteiger partial charge < -0.3 is 15.4 Å². The van der Waals surface area contributed by atoms with E-state index < -0.39 is 5.60 Å². The second-order valence-corrected chi connectivity index (χ2v) is 7.83. The lowest BCUT2D eigenvalue weighted by molar-refractivity contribution is 0.100. The summed E-state index contributed by atoms with van der Waals surface area (Å²) in [7, 11) is 0. The number of nitrogens with two attached hydrogens (primary N) is 1. The van der Waals surface area contributed by atoms with E-state index in [1.165, 1.54) is 12.1 Å². The van der Waals surface area contributed by atoms with Crippen LogP contribution in [0.4, 0.5) is 10.2 Å². The first-order valence-electron chi connectivity index (χ1n) is 9.75. The number of halogens is 1. The van der Waals surface area contributed by atoms with Crippen LogP contribution in [0.2, 0.25) is 0 Å². The van der Waals surface area contributed by atoms with E-state index >= 15 is 0 Å². The molecule has 0 spiro atoms. The first-order valence-corrected chi connectivity index (χ1v) is 9.75. The Morgan fingerprint density at radius 1 is 1.18 bits per heavy atom. The lowest BCUT2D eigenvalue weighted by Crippen LogP contribution is -2.19. The Hall–Kier alpha value is -2.80. The van der Waals surface area contributed by atoms with Crippen molar-refractivity contribution < 1.29 is 9.50 Å². The van der Waals surface area contributed by atoms with Crippen LogP contribution in [-0.4, -0.2) is 30.2 Å². The lowest BCUT2D eigenvalue weighted by Gasteiger charge is -2.16. The number of fused-ring (bicyclic) bond motifs is 1. The zero-order valence-electron chi connectivity index (χ0n) is 15.5. The van der Waals surface area contributed by atoms with E-state index in [0.717, 1.165) is 38.5 Å². The van der Waals surface area contributed by atoms with Crippen molar-refractivity contribution >= 4 is 23.1 Å². The van der Waals surface area contributed by atoms with E-state index in [0.29, 0.717) is 34.2 Å². The zero-order valence-corrected chi connectivity index (χ0v) is 15.5. The van der Waals surface area contributed by atoms with Crippen LogP contribution in [0.1, 0.15) is 50.4 Å². The Morgan fingerprint density at radius 2 is 1.96 bits per heavy atom. The molecular weight excluding hydrogens is 357 g/mol. The smallest absolute Gasteiger partial charge is 0.166 e. The summed E-state index contributed by atoms with van der Waals surface area (Å²) in [5.74, 6) is 1.10. The van der Waals surface area contributed by atoms with Crippen LogP contribution in [0.3, 0.4) is 0 Å². The van der Waals surface area contributed by atoms with Crippen LogP contribution < -0.4 is 5.73 Å². The summed E-state index contributed by atoms with van der Waals surface area (Å²) in [5, 5.41) is 10.5. The third kappa shape index (κ3) is 3.05. The van der Waals surface area contributed by atoms with E-state index in [9.17, 15) is 9.50 Å². The van der Waals surface area contributed by atoms with Crippen molar-refractivity contribution in [2.75, 3.05) is 5.73 Å².